The Hall–Kier alpha value is -3.75. The molecule has 0 radical (unpaired) electrons. The standard InChI is InChI=1S/C22H19N3O4S2.C2HF3O2/c1-14-20(15-7-3-2-4-8-15)22(14,21(26)27)24-31(28,29)19-11-10-17(30-19)16-13-25-12-6-5-9-18(25)23-16;3-2(4,5)1(6)7/h2-14,20,24H,1H3,(H,26,27);(H,6,7)/t14?,20-,22+;/m1./s1. The molecule has 0 saturated heterocycles. The van der Waals surface area contributed by atoms with Crippen molar-refractivity contribution in [1.29, 1.82) is 0 Å². The predicted octanol–water partition coefficient (Wildman–Crippen LogP) is 4.23. The molecule has 200 valence electrons. The van der Waals surface area contributed by atoms with Crippen molar-refractivity contribution >= 4 is 38.9 Å². The van der Waals surface area contributed by atoms with E-state index in [0.717, 1.165) is 22.5 Å². The van der Waals surface area contributed by atoms with Gasteiger partial charge in [0.25, 0.3) is 10.0 Å². The highest BCUT2D eigenvalue weighted by atomic mass is 32.2. The third-order valence-corrected chi connectivity index (χ3v) is 9.20. The number of alkyl halides is 3. The summed E-state index contributed by atoms with van der Waals surface area (Å²) in [4.78, 5) is 26.3. The van der Waals surface area contributed by atoms with Crippen LogP contribution >= 0.6 is 11.3 Å². The van der Waals surface area contributed by atoms with E-state index in [2.05, 4.69) is 9.71 Å². The summed E-state index contributed by atoms with van der Waals surface area (Å²) in [6, 6.07) is 18.0. The Morgan fingerprint density at radius 1 is 1.05 bits per heavy atom. The zero-order chi connectivity index (χ0) is 27.9. The van der Waals surface area contributed by atoms with Crippen LogP contribution in [0.2, 0.25) is 0 Å². The molecule has 1 aliphatic carbocycles. The predicted molar refractivity (Wildman–Crippen MR) is 131 cm³/mol. The van der Waals surface area contributed by atoms with Gasteiger partial charge in [-0.2, -0.15) is 17.9 Å². The maximum Gasteiger partial charge on any atom is 0.490 e. The second-order valence-corrected chi connectivity index (χ2v) is 11.5. The lowest BCUT2D eigenvalue weighted by Crippen LogP contribution is -2.45. The highest BCUT2D eigenvalue weighted by molar-refractivity contribution is 7.91. The van der Waals surface area contributed by atoms with Crippen LogP contribution in [0.25, 0.3) is 16.2 Å². The minimum atomic E-state index is -5.08. The van der Waals surface area contributed by atoms with Crippen LogP contribution in [0.3, 0.4) is 0 Å². The van der Waals surface area contributed by atoms with Crippen LogP contribution in [-0.2, 0) is 19.6 Å². The molecule has 0 amide bonds. The lowest BCUT2D eigenvalue weighted by molar-refractivity contribution is -0.192. The van der Waals surface area contributed by atoms with Crippen molar-refractivity contribution in [3.63, 3.8) is 0 Å². The summed E-state index contributed by atoms with van der Waals surface area (Å²) >= 11 is 1.07. The molecule has 5 rings (SSSR count). The summed E-state index contributed by atoms with van der Waals surface area (Å²) in [6.45, 7) is 1.75. The Labute approximate surface area is 218 Å². The normalized spacial score (nSPS) is 20.9. The topological polar surface area (TPSA) is 138 Å². The number of nitrogens with zero attached hydrogens (tertiary/aromatic N) is 2. The molecule has 3 aromatic heterocycles. The number of carboxylic acids is 2. The van der Waals surface area contributed by atoms with Gasteiger partial charge in [-0.3, -0.25) is 4.79 Å². The van der Waals surface area contributed by atoms with Gasteiger partial charge in [-0.05, 0) is 35.7 Å². The number of halogens is 3. The number of carbonyl (C=O) groups is 2. The van der Waals surface area contributed by atoms with Crippen molar-refractivity contribution in [3.8, 4) is 10.6 Å². The van der Waals surface area contributed by atoms with E-state index in [1.54, 1.807) is 13.0 Å². The Kier molecular flexibility index (Phi) is 7.07. The number of carboxylic acid groups (broad SMARTS) is 2. The van der Waals surface area contributed by atoms with Gasteiger partial charge in [0, 0.05) is 18.3 Å². The van der Waals surface area contributed by atoms with Crippen LogP contribution in [-0.4, -0.2) is 51.7 Å². The van der Waals surface area contributed by atoms with Gasteiger partial charge in [-0.25, -0.2) is 18.2 Å². The molecule has 3 N–H and O–H groups in total. The van der Waals surface area contributed by atoms with Gasteiger partial charge >= 0.3 is 18.1 Å². The average molecular weight is 568 g/mol. The van der Waals surface area contributed by atoms with Crippen molar-refractivity contribution < 1.29 is 41.4 Å². The van der Waals surface area contributed by atoms with Crippen LogP contribution in [0.5, 0.6) is 0 Å². The van der Waals surface area contributed by atoms with Crippen molar-refractivity contribution in [3.05, 3.63) is 78.6 Å². The molecule has 0 aliphatic heterocycles. The molecule has 1 aromatic carbocycles. The third-order valence-electron chi connectivity index (χ3n) is 6.12. The minimum absolute atomic E-state index is 0.0612. The van der Waals surface area contributed by atoms with Crippen LogP contribution in [0.15, 0.2) is 77.3 Å². The van der Waals surface area contributed by atoms with E-state index in [1.165, 1.54) is 6.07 Å². The largest absolute Gasteiger partial charge is 0.490 e. The molecule has 4 aromatic rings. The van der Waals surface area contributed by atoms with Crippen molar-refractivity contribution in [1.82, 2.24) is 14.1 Å². The molecule has 1 unspecified atom stereocenters. The van der Waals surface area contributed by atoms with E-state index >= 15 is 0 Å². The summed E-state index contributed by atoms with van der Waals surface area (Å²) in [5.41, 5.74) is 0.660. The number of benzene rings is 1. The maximum atomic E-state index is 13.1. The van der Waals surface area contributed by atoms with Gasteiger partial charge in [0.1, 0.15) is 15.4 Å². The first kappa shape index (κ1) is 27.3. The molecular weight excluding hydrogens is 547 g/mol. The monoisotopic (exact) mass is 567 g/mol. The van der Waals surface area contributed by atoms with Crippen LogP contribution in [0.1, 0.15) is 18.4 Å². The van der Waals surface area contributed by atoms with Gasteiger partial charge in [0.2, 0.25) is 0 Å². The summed E-state index contributed by atoms with van der Waals surface area (Å²) in [5, 5.41) is 17.1. The molecule has 14 heteroatoms. The fraction of sp³-hybridized carbons (Fsp3) is 0.208. The maximum absolute atomic E-state index is 13.1. The Morgan fingerprint density at radius 2 is 1.68 bits per heavy atom. The van der Waals surface area contributed by atoms with E-state index in [0.29, 0.717) is 10.6 Å². The molecule has 1 saturated carbocycles. The van der Waals surface area contributed by atoms with E-state index in [1.807, 2.05) is 65.3 Å². The van der Waals surface area contributed by atoms with Gasteiger partial charge in [-0.15, -0.1) is 11.3 Å². The number of aromatic nitrogens is 2. The zero-order valence-electron chi connectivity index (χ0n) is 19.5. The number of rotatable bonds is 6. The smallest absolute Gasteiger partial charge is 0.480 e. The van der Waals surface area contributed by atoms with Crippen LogP contribution in [0, 0.1) is 5.92 Å². The number of sulfonamides is 1. The number of fused-ring (bicyclic) bond motifs is 1. The summed E-state index contributed by atoms with van der Waals surface area (Å²) in [7, 11) is -4.04. The lowest BCUT2D eigenvalue weighted by Gasteiger charge is -2.15. The van der Waals surface area contributed by atoms with E-state index < -0.39 is 39.6 Å². The molecule has 0 bridgehead atoms. The van der Waals surface area contributed by atoms with Gasteiger partial charge in [0.05, 0.1) is 10.6 Å². The molecule has 1 aliphatic rings. The van der Waals surface area contributed by atoms with Gasteiger partial charge in [-0.1, -0.05) is 43.3 Å². The number of nitrogens with one attached hydrogen (secondary N) is 1. The molecule has 0 spiro atoms. The fourth-order valence-electron chi connectivity index (χ4n) is 4.23. The molecule has 38 heavy (non-hydrogen) atoms. The highest BCUT2D eigenvalue weighted by Crippen LogP contribution is 2.58. The first-order valence-electron chi connectivity index (χ1n) is 10.9. The Bertz CT molecular complexity index is 1570. The summed E-state index contributed by atoms with van der Waals surface area (Å²) in [5.74, 6) is -4.74. The second-order valence-electron chi connectivity index (χ2n) is 8.47. The highest BCUT2D eigenvalue weighted by Gasteiger charge is 2.70. The summed E-state index contributed by atoms with van der Waals surface area (Å²) in [6.07, 6.45) is -1.38. The first-order chi connectivity index (χ1) is 17.8. The molecule has 1 fully saturated rings. The Balaban J connectivity index is 0.000000426. The number of imidazole rings is 1. The van der Waals surface area contributed by atoms with E-state index in [9.17, 15) is 31.5 Å². The third kappa shape index (κ3) is 5.14. The van der Waals surface area contributed by atoms with Gasteiger partial charge in [0.15, 0.2) is 0 Å². The van der Waals surface area contributed by atoms with E-state index in [-0.39, 0.29) is 10.1 Å². The van der Waals surface area contributed by atoms with Crippen LogP contribution in [0.4, 0.5) is 13.2 Å². The van der Waals surface area contributed by atoms with Gasteiger partial charge < -0.3 is 14.6 Å². The van der Waals surface area contributed by atoms with Crippen LogP contribution < -0.4 is 4.72 Å². The number of hydrogen-bond acceptors (Lipinski definition) is 6. The van der Waals surface area contributed by atoms with Crippen molar-refractivity contribution in [2.24, 2.45) is 5.92 Å². The van der Waals surface area contributed by atoms with Crippen molar-refractivity contribution in [2.45, 2.75) is 28.8 Å². The Morgan fingerprint density at radius 3 is 2.26 bits per heavy atom. The van der Waals surface area contributed by atoms with E-state index in [4.69, 9.17) is 9.90 Å². The number of pyridine rings is 1. The fourth-order valence-corrected chi connectivity index (χ4v) is 6.95. The molecule has 9 nitrogen and oxygen atoms in total. The molecule has 3 heterocycles. The summed E-state index contributed by atoms with van der Waals surface area (Å²) < 4.78 is 62.4. The number of aliphatic carboxylic acids is 2. The zero-order valence-corrected chi connectivity index (χ0v) is 21.1. The average Bonchev–Trinajstić information content (AvgIpc) is 3.24. The number of thiophene rings is 1. The molecule has 3 atom stereocenters. The lowest BCUT2D eigenvalue weighted by atomic mass is 10.1. The minimum Gasteiger partial charge on any atom is -0.480 e. The second kappa shape index (κ2) is 9.85. The first-order valence-corrected chi connectivity index (χ1v) is 13.2. The van der Waals surface area contributed by atoms with Crippen molar-refractivity contribution in [2.75, 3.05) is 0 Å². The molecular formula is C24H20F3N3O6S2. The quantitative estimate of drug-likeness (QED) is 0.317. The number of hydrogen-bond donors (Lipinski definition) is 3. The SMILES string of the molecule is CC1[C@H](c2ccccc2)[C@]1(NS(=O)(=O)c1ccc(-c2cn3ccccc3n2)s1)C(=O)O.O=C(O)C(F)(F)F.